The second-order valence-corrected chi connectivity index (χ2v) is 7.99. The molecule has 2 aromatic heterocycles. The fourth-order valence-corrected chi connectivity index (χ4v) is 4.09. The molecule has 0 spiro atoms. The smallest absolute Gasteiger partial charge is 0.266 e. The maximum Gasteiger partial charge on any atom is 0.266 e. The molecule has 1 amide bonds. The molecule has 1 fully saturated rings. The SMILES string of the molecule is Cc1nc(CN2CCN(C(=O)[C@@H]3CC(c4ccc(Cl)s4)=NO3)CC2)no1. The zero-order valence-electron chi connectivity index (χ0n) is 14.2. The number of aromatic nitrogens is 2. The van der Waals surface area contributed by atoms with E-state index in [-0.39, 0.29) is 5.91 Å². The molecule has 0 saturated carbocycles. The Morgan fingerprint density at radius 1 is 1.35 bits per heavy atom. The third-order valence-electron chi connectivity index (χ3n) is 4.42. The lowest BCUT2D eigenvalue weighted by Crippen LogP contribution is -2.51. The van der Waals surface area contributed by atoms with Crippen LogP contribution in [0.3, 0.4) is 0 Å². The van der Waals surface area contributed by atoms with Crippen LogP contribution in [-0.2, 0) is 16.2 Å². The number of oxime groups is 1. The Kier molecular flexibility index (Phi) is 4.92. The first kappa shape index (κ1) is 17.4. The maximum absolute atomic E-state index is 12.7. The largest absolute Gasteiger partial charge is 0.382 e. The van der Waals surface area contributed by atoms with Crippen molar-refractivity contribution in [3.05, 3.63) is 33.1 Å². The molecule has 2 aliphatic heterocycles. The number of hydrogen-bond donors (Lipinski definition) is 0. The number of halogens is 1. The highest BCUT2D eigenvalue weighted by molar-refractivity contribution is 7.18. The number of rotatable bonds is 4. The number of nitrogens with zero attached hydrogens (tertiary/aromatic N) is 5. The molecular formula is C16H18ClN5O3S. The van der Waals surface area contributed by atoms with Crippen molar-refractivity contribution >= 4 is 34.6 Å². The molecule has 8 nitrogen and oxygen atoms in total. The van der Waals surface area contributed by atoms with Crippen LogP contribution in [0.5, 0.6) is 0 Å². The van der Waals surface area contributed by atoms with Crippen LogP contribution in [0.4, 0.5) is 0 Å². The lowest BCUT2D eigenvalue weighted by Gasteiger charge is -2.34. The molecule has 0 aromatic carbocycles. The van der Waals surface area contributed by atoms with Gasteiger partial charge in [0.05, 0.1) is 15.8 Å². The molecule has 0 N–H and O–H groups in total. The Bertz CT molecular complexity index is 827. The Morgan fingerprint density at radius 2 is 2.15 bits per heavy atom. The van der Waals surface area contributed by atoms with Gasteiger partial charge in [0.1, 0.15) is 5.71 Å². The molecule has 10 heteroatoms. The van der Waals surface area contributed by atoms with E-state index in [1.54, 1.807) is 6.92 Å². The molecule has 0 unspecified atom stereocenters. The van der Waals surface area contributed by atoms with E-state index in [4.69, 9.17) is 21.0 Å². The van der Waals surface area contributed by atoms with E-state index in [2.05, 4.69) is 20.2 Å². The zero-order valence-corrected chi connectivity index (χ0v) is 15.8. The Balaban J connectivity index is 1.28. The van der Waals surface area contributed by atoms with Crippen LogP contribution < -0.4 is 0 Å². The summed E-state index contributed by atoms with van der Waals surface area (Å²) in [7, 11) is 0. The van der Waals surface area contributed by atoms with Gasteiger partial charge >= 0.3 is 0 Å². The first-order chi connectivity index (χ1) is 12.6. The van der Waals surface area contributed by atoms with Crippen molar-refractivity contribution in [1.82, 2.24) is 19.9 Å². The highest BCUT2D eigenvalue weighted by Gasteiger charge is 2.34. The van der Waals surface area contributed by atoms with Crippen LogP contribution in [0.2, 0.25) is 4.34 Å². The number of aryl methyl sites for hydroxylation is 1. The van der Waals surface area contributed by atoms with Gasteiger partial charge in [-0.15, -0.1) is 11.3 Å². The van der Waals surface area contributed by atoms with Gasteiger partial charge in [-0.1, -0.05) is 21.9 Å². The quantitative estimate of drug-likeness (QED) is 0.786. The first-order valence-corrected chi connectivity index (χ1v) is 9.56. The van der Waals surface area contributed by atoms with Crippen molar-refractivity contribution in [2.75, 3.05) is 26.2 Å². The van der Waals surface area contributed by atoms with Crippen molar-refractivity contribution in [3.8, 4) is 0 Å². The number of amides is 1. The van der Waals surface area contributed by atoms with Crippen molar-refractivity contribution < 1.29 is 14.2 Å². The summed E-state index contributed by atoms with van der Waals surface area (Å²) in [5.74, 6) is 1.23. The Labute approximate surface area is 159 Å². The van der Waals surface area contributed by atoms with Gasteiger partial charge in [-0.05, 0) is 12.1 Å². The summed E-state index contributed by atoms with van der Waals surface area (Å²) >= 11 is 7.40. The number of hydrogen-bond acceptors (Lipinski definition) is 8. The fourth-order valence-electron chi connectivity index (χ4n) is 3.06. The monoisotopic (exact) mass is 395 g/mol. The number of carbonyl (C=O) groups is 1. The molecule has 0 radical (unpaired) electrons. The predicted octanol–water partition coefficient (Wildman–Crippen LogP) is 1.93. The summed E-state index contributed by atoms with van der Waals surface area (Å²) in [5, 5.41) is 7.99. The minimum absolute atomic E-state index is 0.0125. The van der Waals surface area contributed by atoms with Crippen LogP contribution in [0.15, 0.2) is 21.8 Å². The summed E-state index contributed by atoms with van der Waals surface area (Å²) in [6, 6.07) is 3.73. The second-order valence-electron chi connectivity index (χ2n) is 6.27. The van der Waals surface area contributed by atoms with E-state index in [9.17, 15) is 4.79 Å². The van der Waals surface area contributed by atoms with Crippen LogP contribution in [-0.4, -0.2) is 63.8 Å². The molecular weight excluding hydrogens is 378 g/mol. The fraction of sp³-hybridized carbons (Fsp3) is 0.500. The number of piperazine rings is 1. The molecule has 4 heterocycles. The third kappa shape index (κ3) is 3.74. The lowest BCUT2D eigenvalue weighted by atomic mass is 10.1. The van der Waals surface area contributed by atoms with Gasteiger partial charge in [0, 0.05) is 39.5 Å². The van der Waals surface area contributed by atoms with Crippen molar-refractivity contribution in [2.24, 2.45) is 5.16 Å². The van der Waals surface area contributed by atoms with Gasteiger partial charge in [0.2, 0.25) is 12.0 Å². The molecule has 4 rings (SSSR count). The number of carbonyl (C=O) groups excluding carboxylic acids is 1. The number of thiophene rings is 1. The van der Waals surface area contributed by atoms with Gasteiger partial charge in [0.25, 0.3) is 5.91 Å². The van der Waals surface area contributed by atoms with Gasteiger partial charge < -0.3 is 14.3 Å². The molecule has 1 saturated heterocycles. The molecule has 138 valence electrons. The highest BCUT2D eigenvalue weighted by Crippen LogP contribution is 2.27. The van der Waals surface area contributed by atoms with Crippen molar-refractivity contribution in [1.29, 1.82) is 0 Å². The second kappa shape index (κ2) is 7.34. The van der Waals surface area contributed by atoms with E-state index < -0.39 is 6.10 Å². The molecule has 2 aromatic rings. The molecule has 2 aliphatic rings. The normalized spacial score (nSPS) is 20.9. The third-order valence-corrected chi connectivity index (χ3v) is 5.70. The average Bonchev–Trinajstić information content (AvgIpc) is 3.36. The Morgan fingerprint density at radius 3 is 2.81 bits per heavy atom. The van der Waals surface area contributed by atoms with Gasteiger partial charge in [-0.3, -0.25) is 9.69 Å². The summed E-state index contributed by atoms with van der Waals surface area (Å²) in [6.45, 7) is 5.23. The lowest BCUT2D eigenvalue weighted by molar-refractivity contribution is -0.143. The minimum atomic E-state index is -0.544. The predicted molar refractivity (Wildman–Crippen MR) is 96.2 cm³/mol. The molecule has 26 heavy (non-hydrogen) atoms. The van der Waals surface area contributed by atoms with Crippen LogP contribution in [0.1, 0.15) is 23.0 Å². The first-order valence-electron chi connectivity index (χ1n) is 8.37. The summed E-state index contributed by atoms with van der Waals surface area (Å²) in [5.41, 5.74) is 0.784. The molecule has 0 bridgehead atoms. The van der Waals surface area contributed by atoms with Crippen LogP contribution in [0, 0.1) is 6.92 Å². The van der Waals surface area contributed by atoms with Gasteiger partial charge in [-0.25, -0.2) is 0 Å². The van der Waals surface area contributed by atoms with E-state index >= 15 is 0 Å². The van der Waals surface area contributed by atoms with E-state index in [1.165, 1.54) is 11.3 Å². The van der Waals surface area contributed by atoms with Gasteiger partial charge in [-0.2, -0.15) is 4.98 Å². The van der Waals surface area contributed by atoms with E-state index in [1.807, 2.05) is 17.0 Å². The average molecular weight is 396 g/mol. The maximum atomic E-state index is 12.7. The minimum Gasteiger partial charge on any atom is -0.382 e. The summed E-state index contributed by atoms with van der Waals surface area (Å²) in [6.07, 6.45) is -0.0600. The van der Waals surface area contributed by atoms with Crippen LogP contribution >= 0.6 is 22.9 Å². The molecule has 0 aliphatic carbocycles. The summed E-state index contributed by atoms with van der Waals surface area (Å²) in [4.78, 5) is 27.3. The highest BCUT2D eigenvalue weighted by atomic mass is 35.5. The van der Waals surface area contributed by atoms with Crippen LogP contribution in [0.25, 0.3) is 0 Å². The topological polar surface area (TPSA) is 84.1 Å². The van der Waals surface area contributed by atoms with E-state index in [0.29, 0.717) is 42.1 Å². The standard InChI is InChI=1S/C16H18ClN5O3S/c1-10-18-15(20-24-10)9-21-4-6-22(7-5-21)16(23)12-8-11(19-25-12)13-2-3-14(17)26-13/h2-3,12H,4-9H2,1H3/t12-/m0/s1. The summed E-state index contributed by atoms with van der Waals surface area (Å²) < 4.78 is 5.69. The molecule has 1 atom stereocenters. The van der Waals surface area contributed by atoms with E-state index in [0.717, 1.165) is 23.7 Å². The van der Waals surface area contributed by atoms with Crippen molar-refractivity contribution in [3.63, 3.8) is 0 Å². The van der Waals surface area contributed by atoms with Crippen molar-refractivity contribution in [2.45, 2.75) is 26.0 Å². The Hall–Kier alpha value is -1.97. The zero-order chi connectivity index (χ0) is 18.1. The van der Waals surface area contributed by atoms with Gasteiger partial charge in [0.15, 0.2) is 5.82 Å².